The summed E-state index contributed by atoms with van der Waals surface area (Å²) in [7, 11) is 0. The second-order valence-corrected chi connectivity index (χ2v) is 6.50. The van der Waals surface area contributed by atoms with Crippen LogP contribution in [-0.2, 0) is 0 Å². The van der Waals surface area contributed by atoms with E-state index in [1.165, 1.54) is 44.9 Å². The summed E-state index contributed by atoms with van der Waals surface area (Å²) in [5, 5.41) is 3.88. The van der Waals surface area contributed by atoms with Gasteiger partial charge in [0.25, 0.3) is 0 Å². The van der Waals surface area contributed by atoms with Crippen LogP contribution in [0, 0.1) is 17.8 Å². The Labute approximate surface area is 101 Å². The number of rotatable bonds is 4. The zero-order valence-corrected chi connectivity index (χ0v) is 11.3. The molecule has 1 nitrogen and oxygen atoms in total. The summed E-state index contributed by atoms with van der Waals surface area (Å²) < 4.78 is 0. The molecule has 0 aromatic heterocycles. The predicted molar refractivity (Wildman–Crippen MR) is 70.5 cm³/mol. The standard InChI is InChI=1S/C15H29N/c1-11(2)13-5-4-6-15(10-9-13)16-12(3)14-7-8-14/h11-16H,4-10H2,1-3H3. The highest BCUT2D eigenvalue weighted by molar-refractivity contribution is 4.86. The molecule has 16 heavy (non-hydrogen) atoms. The molecule has 2 saturated carbocycles. The molecule has 0 amide bonds. The fourth-order valence-corrected chi connectivity index (χ4v) is 3.27. The third-order valence-corrected chi connectivity index (χ3v) is 4.78. The van der Waals surface area contributed by atoms with E-state index in [9.17, 15) is 0 Å². The molecule has 2 fully saturated rings. The zero-order chi connectivity index (χ0) is 11.5. The van der Waals surface area contributed by atoms with Crippen molar-refractivity contribution in [2.75, 3.05) is 0 Å². The average Bonchev–Trinajstić information content (AvgIpc) is 3.04. The lowest BCUT2D eigenvalue weighted by Gasteiger charge is -2.22. The first-order valence-electron chi connectivity index (χ1n) is 7.43. The first kappa shape index (κ1) is 12.4. The van der Waals surface area contributed by atoms with Crippen LogP contribution in [0.3, 0.4) is 0 Å². The van der Waals surface area contributed by atoms with Crippen molar-refractivity contribution in [3.05, 3.63) is 0 Å². The lowest BCUT2D eigenvalue weighted by atomic mass is 9.89. The fraction of sp³-hybridized carbons (Fsp3) is 1.00. The molecule has 1 heteroatoms. The molecule has 2 aliphatic rings. The maximum absolute atomic E-state index is 3.88. The number of hydrogen-bond donors (Lipinski definition) is 1. The highest BCUT2D eigenvalue weighted by atomic mass is 15.0. The first-order valence-corrected chi connectivity index (χ1v) is 7.43. The van der Waals surface area contributed by atoms with Gasteiger partial charge in [-0.25, -0.2) is 0 Å². The Morgan fingerprint density at radius 1 is 0.812 bits per heavy atom. The Balaban J connectivity index is 1.74. The summed E-state index contributed by atoms with van der Waals surface area (Å²) in [6, 6.07) is 1.60. The van der Waals surface area contributed by atoms with E-state index >= 15 is 0 Å². The monoisotopic (exact) mass is 223 g/mol. The largest absolute Gasteiger partial charge is 0.311 e. The molecule has 2 rings (SSSR count). The molecule has 1 N–H and O–H groups in total. The Hall–Kier alpha value is -0.0400. The van der Waals surface area contributed by atoms with Gasteiger partial charge in [0.2, 0.25) is 0 Å². The highest BCUT2D eigenvalue weighted by Crippen LogP contribution is 2.34. The van der Waals surface area contributed by atoms with Gasteiger partial charge in [0.15, 0.2) is 0 Å². The van der Waals surface area contributed by atoms with Crippen LogP contribution in [0.5, 0.6) is 0 Å². The Bertz CT molecular complexity index is 207. The van der Waals surface area contributed by atoms with Crippen molar-refractivity contribution in [1.82, 2.24) is 5.32 Å². The van der Waals surface area contributed by atoms with Gasteiger partial charge in [-0.05, 0) is 56.8 Å². The molecule has 3 atom stereocenters. The first-order chi connectivity index (χ1) is 7.66. The van der Waals surface area contributed by atoms with Crippen LogP contribution in [0.1, 0.15) is 65.7 Å². The molecular formula is C15H29N. The zero-order valence-electron chi connectivity index (χ0n) is 11.3. The van der Waals surface area contributed by atoms with E-state index in [-0.39, 0.29) is 0 Å². The van der Waals surface area contributed by atoms with Gasteiger partial charge in [-0.1, -0.05) is 26.7 Å². The molecule has 0 radical (unpaired) electrons. The van der Waals surface area contributed by atoms with Crippen LogP contribution >= 0.6 is 0 Å². The summed E-state index contributed by atoms with van der Waals surface area (Å²) in [5.41, 5.74) is 0. The number of hydrogen-bond acceptors (Lipinski definition) is 1. The van der Waals surface area contributed by atoms with Crippen LogP contribution < -0.4 is 5.32 Å². The van der Waals surface area contributed by atoms with Crippen LogP contribution in [0.15, 0.2) is 0 Å². The summed E-state index contributed by atoms with van der Waals surface area (Å²) >= 11 is 0. The van der Waals surface area contributed by atoms with Crippen molar-refractivity contribution in [3.8, 4) is 0 Å². The van der Waals surface area contributed by atoms with Crippen molar-refractivity contribution >= 4 is 0 Å². The van der Waals surface area contributed by atoms with E-state index < -0.39 is 0 Å². The molecule has 0 aliphatic heterocycles. The number of nitrogens with one attached hydrogen (secondary N) is 1. The Kier molecular flexibility index (Phi) is 4.29. The third-order valence-electron chi connectivity index (χ3n) is 4.78. The van der Waals surface area contributed by atoms with E-state index in [2.05, 4.69) is 26.1 Å². The summed E-state index contributed by atoms with van der Waals surface area (Å²) in [4.78, 5) is 0. The van der Waals surface area contributed by atoms with Crippen LogP contribution in [0.4, 0.5) is 0 Å². The van der Waals surface area contributed by atoms with E-state index in [1.54, 1.807) is 0 Å². The summed E-state index contributed by atoms with van der Waals surface area (Å²) in [6.07, 6.45) is 10.1. The van der Waals surface area contributed by atoms with Crippen LogP contribution in [0.2, 0.25) is 0 Å². The molecule has 0 heterocycles. The van der Waals surface area contributed by atoms with Gasteiger partial charge in [0.1, 0.15) is 0 Å². The van der Waals surface area contributed by atoms with Crippen LogP contribution in [0.25, 0.3) is 0 Å². The van der Waals surface area contributed by atoms with Gasteiger partial charge < -0.3 is 5.32 Å². The third kappa shape index (κ3) is 3.48. The normalized spacial score (nSPS) is 33.8. The van der Waals surface area contributed by atoms with Crippen molar-refractivity contribution in [2.45, 2.75) is 77.8 Å². The second kappa shape index (κ2) is 5.53. The minimum atomic E-state index is 0.778. The van der Waals surface area contributed by atoms with Crippen molar-refractivity contribution in [1.29, 1.82) is 0 Å². The molecule has 0 spiro atoms. The highest BCUT2D eigenvalue weighted by Gasteiger charge is 2.30. The average molecular weight is 223 g/mol. The molecule has 0 saturated heterocycles. The molecule has 94 valence electrons. The molecule has 0 aromatic carbocycles. The van der Waals surface area contributed by atoms with Crippen molar-refractivity contribution in [2.24, 2.45) is 17.8 Å². The lowest BCUT2D eigenvalue weighted by Crippen LogP contribution is -2.37. The SMILES string of the molecule is CC(C)C1CCCC(NC(C)C2CC2)CC1. The fourth-order valence-electron chi connectivity index (χ4n) is 3.27. The van der Waals surface area contributed by atoms with E-state index in [1.807, 2.05) is 0 Å². The molecule has 0 bridgehead atoms. The van der Waals surface area contributed by atoms with E-state index in [0.29, 0.717) is 0 Å². The topological polar surface area (TPSA) is 12.0 Å². The Morgan fingerprint density at radius 3 is 2.12 bits per heavy atom. The minimum Gasteiger partial charge on any atom is -0.311 e. The van der Waals surface area contributed by atoms with Crippen molar-refractivity contribution in [3.63, 3.8) is 0 Å². The van der Waals surface area contributed by atoms with Gasteiger partial charge >= 0.3 is 0 Å². The van der Waals surface area contributed by atoms with Gasteiger partial charge in [-0.2, -0.15) is 0 Å². The maximum Gasteiger partial charge on any atom is 0.00697 e. The smallest absolute Gasteiger partial charge is 0.00697 e. The van der Waals surface area contributed by atoms with E-state index in [0.717, 1.165) is 29.8 Å². The molecule has 3 unspecified atom stereocenters. The minimum absolute atomic E-state index is 0.778. The quantitative estimate of drug-likeness (QED) is 0.711. The predicted octanol–water partition coefficient (Wildman–Crippen LogP) is 3.98. The van der Waals surface area contributed by atoms with Crippen LogP contribution in [-0.4, -0.2) is 12.1 Å². The molecular weight excluding hydrogens is 194 g/mol. The summed E-state index contributed by atoms with van der Waals surface area (Å²) in [6.45, 7) is 7.18. The van der Waals surface area contributed by atoms with Gasteiger partial charge in [0.05, 0.1) is 0 Å². The van der Waals surface area contributed by atoms with Gasteiger partial charge in [-0.15, -0.1) is 0 Å². The lowest BCUT2D eigenvalue weighted by molar-refractivity contribution is 0.332. The molecule has 2 aliphatic carbocycles. The summed E-state index contributed by atoms with van der Waals surface area (Å²) in [5.74, 6) is 2.88. The second-order valence-electron chi connectivity index (χ2n) is 6.50. The Morgan fingerprint density at radius 2 is 1.50 bits per heavy atom. The van der Waals surface area contributed by atoms with Crippen molar-refractivity contribution < 1.29 is 0 Å². The van der Waals surface area contributed by atoms with E-state index in [4.69, 9.17) is 0 Å². The molecule has 0 aromatic rings. The maximum atomic E-state index is 3.88. The van der Waals surface area contributed by atoms with Gasteiger partial charge in [0, 0.05) is 12.1 Å². The van der Waals surface area contributed by atoms with Gasteiger partial charge in [-0.3, -0.25) is 0 Å².